The first kappa shape index (κ1) is 19.3. The highest BCUT2D eigenvalue weighted by atomic mass is 16.5. The summed E-state index contributed by atoms with van der Waals surface area (Å²) < 4.78 is 9.80. The summed E-state index contributed by atoms with van der Waals surface area (Å²) in [5, 5.41) is 6.42. The van der Waals surface area contributed by atoms with Crippen LogP contribution in [-0.2, 0) is 9.47 Å². The molecule has 0 saturated carbocycles. The smallest absolute Gasteiger partial charge is 0.337 e. The molecule has 1 heterocycles. The van der Waals surface area contributed by atoms with E-state index in [4.69, 9.17) is 9.47 Å². The Morgan fingerprint density at radius 1 is 1.00 bits per heavy atom. The zero-order chi connectivity index (χ0) is 19.8. The Balaban J connectivity index is 1.86. The van der Waals surface area contributed by atoms with Crippen LogP contribution in [0.2, 0.25) is 0 Å². The molecular formula is C21H22N4O3. The number of nitrogens with one attached hydrogen (secondary N) is 2. The largest absolute Gasteiger partial charge is 0.465 e. The van der Waals surface area contributed by atoms with Crippen LogP contribution in [0.5, 0.6) is 0 Å². The zero-order valence-electron chi connectivity index (χ0n) is 15.8. The number of nitrogens with zero attached hydrogens (tertiary/aromatic N) is 2. The number of anilines is 3. The summed E-state index contributed by atoms with van der Waals surface area (Å²) in [7, 11) is 3.01. The molecule has 0 bridgehead atoms. The summed E-state index contributed by atoms with van der Waals surface area (Å²) in [5.74, 6) is 0.774. The van der Waals surface area contributed by atoms with Gasteiger partial charge in [0.1, 0.15) is 5.82 Å². The third-order valence-corrected chi connectivity index (χ3v) is 3.96. The van der Waals surface area contributed by atoms with Gasteiger partial charge in [0.05, 0.1) is 25.0 Å². The average molecular weight is 378 g/mol. The van der Waals surface area contributed by atoms with E-state index >= 15 is 0 Å². The maximum absolute atomic E-state index is 11.6. The molecule has 7 heteroatoms. The first-order chi connectivity index (χ1) is 13.7. The van der Waals surface area contributed by atoms with E-state index in [9.17, 15) is 4.79 Å². The number of benzene rings is 2. The lowest BCUT2D eigenvalue weighted by molar-refractivity contribution is 0.0601. The van der Waals surface area contributed by atoms with Gasteiger partial charge in [-0.05, 0) is 24.3 Å². The van der Waals surface area contributed by atoms with E-state index in [0.29, 0.717) is 30.5 Å². The SMILES string of the molecule is COCCNc1nc(Nc2ccc(C(=O)OC)cc2)cc(-c2ccccc2)n1. The van der Waals surface area contributed by atoms with Crippen LogP contribution in [0.25, 0.3) is 11.3 Å². The molecule has 0 atom stereocenters. The monoisotopic (exact) mass is 378 g/mol. The summed E-state index contributed by atoms with van der Waals surface area (Å²) in [6, 6.07) is 18.8. The van der Waals surface area contributed by atoms with Crippen molar-refractivity contribution in [3.05, 3.63) is 66.2 Å². The van der Waals surface area contributed by atoms with Crippen molar-refractivity contribution >= 4 is 23.4 Å². The van der Waals surface area contributed by atoms with Crippen molar-refractivity contribution in [1.82, 2.24) is 9.97 Å². The first-order valence-electron chi connectivity index (χ1n) is 8.82. The van der Waals surface area contributed by atoms with Crippen molar-refractivity contribution in [2.24, 2.45) is 0 Å². The number of rotatable bonds is 8. The summed E-state index contributed by atoms with van der Waals surface area (Å²) in [6.45, 7) is 1.15. The van der Waals surface area contributed by atoms with Crippen LogP contribution >= 0.6 is 0 Å². The van der Waals surface area contributed by atoms with Crippen molar-refractivity contribution in [2.75, 3.05) is 38.0 Å². The lowest BCUT2D eigenvalue weighted by atomic mass is 10.1. The summed E-state index contributed by atoms with van der Waals surface area (Å²) in [6.07, 6.45) is 0. The Morgan fingerprint density at radius 3 is 2.43 bits per heavy atom. The number of carbonyl (C=O) groups excluding carboxylic acids is 1. The number of methoxy groups -OCH3 is 2. The third kappa shape index (κ3) is 5.05. The molecule has 1 aromatic heterocycles. The van der Waals surface area contributed by atoms with E-state index in [-0.39, 0.29) is 5.97 Å². The van der Waals surface area contributed by atoms with Gasteiger partial charge in [-0.15, -0.1) is 0 Å². The Bertz CT molecular complexity index is 915. The minimum atomic E-state index is -0.371. The van der Waals surface area contributed by atoms with Gasteiger partial charge in [0.2, 0.25) is 5.95 Å². The molecule has 0 spiro atoms. The number of hydrogen-bond acceptors (Lipinski definition) is 7. The van der Waals surface area contributed by atoms with Crippen LogP contribution in [0, 0.1) is 0 Å². The Labute approximate surface area is 163 Å². The van der Waals surface area contributed by atoms with Crippen molar-refractivity contribution < 1.29 is 14.3 Å². The highest BCUT2D eigenvalue weighted by Crippen LogP contribution is 2.23. The molecule has 0 amide bonds. The summed E-state index contributed by atoms with van der Waals surface area (Å²) >= 11 is 0. The van der Waals surface area contributed by atoms with Gasteiger partial charge in [-0.2, -0.15) is 4.98 Å². The van der Waals surface area contributed by atoms with E-state index in [1.165, 1.54) is 7.11 Å². The third-order valence-electron chi connectivity index (χ3n) is 3.96. The van der Waals surface area contributed by atoms with Gasteiger partial charge in [-0.25, -0.2) is 9.78 Å². The fourth-order valence-electron chi connectivity index (χ4n) is 2.57. The topological polar surface area (TPSA) is 85.4 Å². The molecule has 3 aromatic rings. The van der Waals surface area contributed by atoms with Crippen LogP contribution in [0.15, 0.2) is 60.7 Å². The Kier molecular flexibility index (Phi) is 6.54. The first-order valence-corrected chi connectivity index (χ1v) is 8.82. The highest BCUT2D eigenvalue weighted by Gasteiger charge is 2.08. The number of hydrogen-bond donors (Lipinski definition) is 2. The number of carbonyl (C=O) groups is 1. The van der Waals surface area contributed by atoms with Gasteiger partial charge in [-0.1, -0.05) is 30.3 Å². The molecule has 0 fully saturated rings. The lowest BCUT2D eigenvalue weighted by Gasteiger charge is -2.12. The predicted octanol–water partition coefficient (Wildman–Crippen LogP) is 3.73. The molecule has 28 heavy (non-hydrogen) atoms. The molecule has 144 valence electrons. The van der Waals surface area contributed by atoms with Crippen LogP contribution in [0.4, 0.5) is 17.5 Å². The van der Waals surface area contributed by atoms with Crippen LogP contribution < -0.4 is 10.6 Å². The second-order valence-electron chi connectivity index (χ2n) is 5.94. The molecule has 7 nitrogen and oxygen atoms in total. The van der Waals surface area contributed by atoms with Crippen molar-refractivity contribution in [3.8, 4) is 11.3 Å². The molecule has 0 saturated heterocycles. The summed E-state index contributed by atoms with van der Waals surface area (Å²) in [4.78, 5) is 20.7. The maximum Gasteiger partial charge on any atom is 0.337 e. The van der Waals surface area contributed by atoms with E-state index in [2.05, 4.69) is 20.6 Å². The molecule has 0 radical (unpaired) electrons. The fraction of sp³-hybridized carbons (Fsp3) is 0.190. The molecule has 2 N–H and O–H groups in total. The Morgan fingerprint density at radius 2 is 1.75 bits per heavy atom. The predicted molar refractivity (Wildman–Crippen MR) is 109 cm³/mol. The fourth-order valence-corrected chi connectivity index (χ4v) is 2.57. The normalized spacial score (nSPS) is 10.4. The van der Waals surface area contributed by atoms with Crippen LogP contribution in [0.1, 0.15) is 10.4 Å². The van der Waals surface area contributed by atoms with E-state index < -0.39 is 0 Å². The number of esters is 1. The minimum Gasteiger partial charge on any atom is -0.465 e. The van der Waals surface area contributed by atoms with E-state index in [0.717, 1.165) is 16.9 Å². The van der Waals surface area contributed by atoms with Gasteiger partial charge in [-0.3, -0.25) is 0 Å². The van der Waals surface area contributed by atoms with Crippen LogP contribution in [0.3, 0.4) is 0 Å². The molecule has 0 aliphatic heterocycles. The molecule has 0 unspecified atom stereocenters. The zero-order valence-corrected chi connectivity index (χ0v) is 15.8. The van der Waals surface area contributed by atoms with Gasteiger partial charge in [0.25, 0.3) is 0 Å². The lowest BCUT2D eigenvalue weighted by Crippen LogP contribution is -2.11. The molecular weight excluding hydrogens is 356 g/mol. The summed E-state index contributed by atoms with van der Waals surface area (Å²) in [5.41, 5.74) is 3.07. The van der Waals surface area contributed by atoms with Crippen LogP contribution in [-0.4, -0.2) is 43.3 Å². The van der Waals surface area contributed by atoms with Gasteiger partial charge in [0.15, 0.2) is 0 Å². The minimum absolute atomic E-state index is 0.371. The maximum atomic E-state index is 11.6. The van der Waals surface area contributed by atoms with Crippen molar-refractivity contribution in [2.45, 2.75) is 0 Å². The standard InChI is InChI=1S/C21H22N4O3/c1-27-13-12-22-21-24-18(15-6-4-3-5-7-15)14-19(25-21)23-17-10-8-16(9-11-17)20(26)28-2/h3-11,14H,12-13H2,1-2H3,(H2,22,23,24,25). The molecule has 0 aliphatic carbocycles. The van der Waals surface area contributed by atoms with E-state index in [1.54, 1.807) is 31.4 Å². The average Bonchev–Trinajstić information content (AvgIpc) is 2.74. The second-order valence-corrected chi connectivity index (χ2v) is 5.94. The van der Waals surface area contributed by atoms with E-state index in [1.807, 2.05) is 36.4 Å². The Hall–Kier alpha value is -3.45. The molecule has 2 aromatic carbocycles. The number of ether oxygens (including phenoxy) is 2. The number of aromatic nitrogens is 2. The molecule has 3 rings (SSSR count). The molecule has 0 aliphatic rings. The van der Waals surface area contributed by atoms with Gasteiger partial charge < -0.3 is 20.1 Å². The quantitative estimate of drug-likeness (QED) is 0.456. The van der Waals surface area contributed by atoms with Crippen molar-refractivity contribution in [3.63, 3.8) is 0 Å². The van der Waals surface area contributed by atoms with Gasteiger partial charge >= 0.3 is 5.97 Å². The van der Waals surface area contributed by atoms with Gasteiger partial charge in [0, 0.05) is 31.0 Å². The second kappa shape index (κ2) is 9.48. The highest BCUT2D eigenvalue weighted by molar-refractivity contribution is 5.89. The van der Waals surface area contributed by atoms with Crippen molar-refractivity contribution in [1.29, 1.82) is 0 Å².